The summed E-state index contributed by atoms with van der Waals surface area (Å²) in [5, 5.41) is 4.07. The van der Waals surface area contributed by atoms with Gasteiger partial charge in [-0.05, 0) is 48.2 Å². The van der Waals surface area contributed by atoms with E-state index < -0.39 is 10.0 Å². The summed E-state index contributed by atoms with van der Waals surface area (Å²) < 4.78 is 29.6. The average molecular weight is 370 g/mol. The zero-order valence-corrected chi connectivity index (χ0v) is 15.8. The summed E-state index contributed by atoms with van der Waals surface area (Å²) in [5.41, 5.74) is 2.85. The molecule has 0 bridgehead atoms. The molecule has 0 aliphatic heterocycles. The fourth-order valence-corrected chi connectivity index (χ4v) is 3.89. The summed E-state index contributed by atoms with van der Waals surface area (Å²) in [6.07, 6.45) is 3.08. The zero-order valence-electron chi connectivity index (χ0n) is 15.0. The van der Waals surface area contributed by atoms with E-state index in [0.29, 0.717) is 5.92 Å². The SMILES string of the molecule is CC(C)c1ccc(S(=O)(=O)NC(C)c2ccc(-n3cncn3)cc2)cc1. The topological polar surface area (TPSA) is 76.9 Å². The smallest absolute Gasteiger partial charge is 0.223 e. The number of aromatic nitrogens is 3. The highest BCUT2D eigenvalue weighted by molar-refractivity contribution is 7.89. The molecule has 0 aliphatic carbocycles. The largest absolute Gasteiger partial charge is 0.241 e. The fourth-order valence-electron chi connectivity index (χ4n) is 2.66. The van der Waals surface area contributed by atoms with Crippen molar-refractivity contribution in [3.05, 3.63) is 72.3 Å². The number of hydrogen-bond donors (Lipinski definition) is 1. The van der Waals surface area contributed by atoms with Gasteiger partial charge in [-0.1, -0.05) is 38.1 Å². The molecule has 0 aliphatic rings. The first-order valence-corrected chi connectivity index (χ1v) is 9.92. The molecular formula is C19H22N4O2S. The van der Waals surface area contributed by atoms with Gasteiger partial charge in [-0.3, -0.25) is 0 Å². The van der Waals surface area contributed by atoms with Gasteiger partial charge < -0.3 is 0 Å². The summed E-state index contributed by atoms with van der Waals surface area (Å²) in [6.45, 7) is 5.98. The zero-order chi connectivity index (χ0) is 18.7. The Bertz CT molecular complexity index is 948. The van der Waals surface area contributed by atoms with E-state index in [1.54, 1.807) is 23.1 Å². The van der Waals surface area contributed by atoms with Crippen molar-refractivity contribution in [3.8, 4) is 5.69 Å². The molecule has 2 aromatic carbocycles. The van der Waals surface area contributed by atoms with Gasteiger partial charge in [-0.2, -0.15) is 5.10 Å². The Labute approximate surface area is 154 Å². The van der Waals surface area contributed by atoms with Crippen LogP contribution < -0.4 is 4.72 Å². The van der Waals surface area contributed by atoms with Gasteiger partial charge in [0.1, 0.15) is 12.7 Å². The second kappa shape index (κ2) is 7.39. The molecule has 0 fully saturated rings. The van der Waals surface area contributed by atoms with E-state index in [2.05, 4.69) is 28.7 Å². The summed E-state index contributed by atoms with van der Waals surface area (Å²) in [4.78, 5) is 4.19. The van der Waals surface area contributed by atoms with Crippen molar-refractivity contribution in [2.45, 2.75) is 37.6 Å². The number of nitrogens with zero attached hydrogens (tertiary/aromatic N) is 3. The third-order valence-electron chi connectivity index (χ3n) is 4.27. The van der Waals surface area contributed by atoms with Crippen LogP contribution in [0.5, 0.6) is 0 Å². The summed E-state index contributed by atoms with van der Waals surface area (Å²) in [6, 6.07) is 14.2. The lowest BCUT2D eigenvalue weighted by Gasteiger charge is -2.16. The number of hydrogen-bond acceptors (Lipinski definition) is 4. The maximum Gasteiger partial charge on any atom is 0.241 e. The van der Waals surface area contributed by atoms with Crippen LogP contribution in [0.25, 0.3) is 5.69 Å². The molecule has 1 atom stereocenters. The van der Waals surface area contributed by atoms with Crippen molar-refractivity contribution in [2.24, 2.45) is 0 Å². The van der Waals surface area contributed by atoms with Crippen LogP contribution in [-0.4, -0.2) is 23.2 Å². The van der Waals surface area contributed by atoms with E-state index in [4.69, 9.17) is 0 Å². The van der Waals surface area contributed by atoms with E-state index in [1.165, 1.54) is 6.33 Å². The van der Waals surface area contributed by atoms with Crippen LogP contribution in [0.3, 0.4) is 0 Å². The highest BCUT2D eigenvalue weighted by Gasteiger charge is 2.18. The van der Waals surface area contributed by atoms with Crippen molar-refractivity contribution in [1.29, 1.82) is 0 Å². The van der Waals surface area contributed by atoms with Crippen LogP contribution in [0.2, 0.25) is 0 Å². The molecule has 0 saturated heterocycles. The molecule has 136 valence electrons. The Hall–Kier alpha value is -2.51. The molecule has 1 unspecified atom stereocenters. The Kier molecular flexibility index (Phi) is 5.20. The lowest BCUT2D eigenvalue weighted by molar-refractivity contribution is 0.567. The molecule has 3 rings (SSSR count). The van der Waals surface area contributed by atoms with Gasteiger partial charge in [0.15, 0.2) is 0 Å². The minimum atomic E-state index is -3.58. The molecule has 1 heterocycles. The first-order chi connectivity index (χ1) is 12.4. The van der Waals surface area contributed by atoms with Gasteiger partial charge in [0.2, 0.25) is 10.0 Å². The summed E-state index contributed by atoms with van der Waals surface area (Å²) in [7, 11) is -3.58. The van der Waals surface area contributed by atoms with Crippen molar-refractivity contribution in [3.63, 3.8) is 0 Å². The number of nitrogens with one attached hydrogen (secondary N) is 1. The molecular weight excluding hydrogens is 348 g/mol. The Morgan fingerprint density at radius 2 is 1.54 bits per heavy atom. The van der Waals surface area contributed by atoms with Crippen LogP contribution in [0.4, 0.5) is 0 Å². The Morgan fingerprint density at radius 1 is 0.923 bits per heavy atom. The fraction of sp³-hybridized carbons (Fsp3) is 0.263. The van der Waals surface area contributed by atoms with Gasteiger partial charge >= 0.3 is 0 Å². The first kappa shape index (κ1) is 18.3. The van der Waals surface area contributed by atoms with E-state index in [9.17, 15) is 8.42 Å². The predicted octanol–water partition coefficient (Wildman–Crippen LogP) is 3.43. The van der Waals surface area contributed by atoms with Crippen molar-refractivity contribution < 1.29 is 8.42 Å². The van der Waals surface area contributed by atoms with Crippen molar-refractivity contribution in [1.82, 2.24) is 19.5 Å². The lowest BCUT2D eigenvalue weighted by atomic mass is 10.0. The average Bonchev–Trinajstić information content (AvgIpc) is 3.16. The quantitative estimate of drug-likeness (QED) is 0.721. The van der Waals surface area contributed by atoms with Crippen molar-refractivity contribution >= 4 is 10.0 Å². The maximum absolute atomic E-state index is 12.6. The summed E-state index contributed by atoms with van der Waals surface area (Å²) in [5.74, 6) is 0.363. The second-order valence-electron chi connectivity index (χ2n) is 6.50. The van der Waals surface area contributed by atoms with Crippen LogP contribution >= 0.6 is 0 Å². The minimum Gasteiger partial charge on any atom is -0.223 e. The predicted molar refractivity (Wildman–Crippen MR) is 101 cm³/mol. The van der Waals surface area contributed by atoms with Gasteiger partial charge in [0, 0.05) is 6.04 Å². The number of benzene rings is 2. The number of rotatable bonds is 6. The van der Waals surface area contributed by atoms with E-state index in [0.717, 1.165) is 16.8 Å². The molecule has 0 spiro atoms. The van der Waals surface area contributed by atoms with Gasteiger partial charge in [0.05, 0.1) is 10.6 Å². The molecule has 6 nitrogen and oxygen atoms in total. The normalized spacial score (nSPS) is 13.1. The molecule has 26 heavy (non-hydrogen) atoms. The van der Waals surface area contributed by atoms with Gasteiger partial charge in [0.25, 0.3) is 0 Å². The van der Waals surface area contributed by atoms with Crippen LogP contribution in [-0.2, 0) is 10.0 Å². The third kappa shape index (κ3) is 4.00. The molecule has 0 amide bonds. The molecule has 0 radical (unpaired) electrons. The minimum absolute atomic E-state index is 0.271. The Morgan fingerprint density at radius 3 is 2.08 bits per heavy atom. The molecule has 1 aromatic heterocycles. The third-order valence-corrected chi connectivity index (χ3v) is 5.82. The monoisotopic (exact) mass is 370 g/mol. The van der Waals surface area contributed by atoms with E-state index >= 15 is 0 Å². The standard InChI is InChI=1S/C19H22N4O2S/c1-14(2)16-6-10-19(11-7-16)26(24,25)22-15(3)17-4-8-18(9-5-17)23-13-20-12-21-23/h4-15,22H,1-3H3. The van der Waals surface area contributed by atoms with E-state index in [1.807, 2.05) is 43.3 Å². The molecule has 1 N–H and O–H groups in total. The highest BCUT2D eigenvalue weighted by atomic mass is 32.2. The molecule has 0 saturated carbocycles. The Balaban J connectivity index is 1.74. The van der Waals surface area contributed by atoms with Gasteiger partial charge in [-0.25, -0.2) is 22.8 Å². The summed E-state index contributed by atoms with van der Waals surface area (Å²) >= 11 is 0. The van der Waals surface area contributed by atoms with Gasteiger partial charge in [-0.15, -0.1) is 0 Å². The molecule has 3 aromatic rings. The van der Waals surface area contributed by atoms with Crippen molar-refractivity contribution in [2.75, 3.05) is 0 Å². The number of sulfonamides is 1. The van der Waals surface area contributed by atoms with Crippen LogP contribution in [0.1, 0.15) is 43.9 Å². The van der Waals surface area contributed by atoms with E-state index in [-0.39, 0.29) is 10.9 Å². The second-order valence-corrected chi connectivity index (χ2v) is 8.21. The van der Waals surface area contributed by atoms with Crippen LogP contribution in [0.15, 0.2) is 66.1 Å². The van der Waals surface area contributed by atoms with Crippen LogP contribution in [0, 0.1) is 0 Å². The first-order valence-electron chi connectivity index (χ1n) is 8.44. The molecule has 7 heteroatoms. The lowest BCUT2D eigenvalue weighted by Crippen LogP contribution is -2.26. The highest BCUT2D eigenvalue weighted by Crippen LogP contribution is 2.20. The maximum atomic E-state index is 12.6.